The maximum absolute atomic E-state index is 5.79. The van der Waals surface area contributed by atoms with Crippen LogP contribution in [0.5, 0.6) is 46.0 Å². The van der Waals surface area contributed by atoms with E-state index in [0.29, 0.717) is 243 Å². The third kappa shape index (κ3) is 94.2. The summed E-state index contributed by atoms with van der Waals surface area (Å²) in [6.07, 6.45) is 16.0. The monoisotopic (exact) mass is 2090 g/mol. The highest BCUT2D eigenvalue weighted by molar-refractivity contribution is 5.43. The first-order valence-electron chi connectivity index (χ1n) is 54.7. The lowest BCUT2D eigenvalue weighted by molar-refractivity contribution is -0.316. The van der Waals surface area contributed by atoms with Crippen LogP contribution in [0.1, 0.15) is 304 Å². The zero-order valence-corrected chi connectivity index (χ0v) is 98.7. The molecule has 0 saturated heterocycles. The summed E-state index contributed by atoms with van der Waals surface area (Å²) in [6.45, 7) is 89.1. The molecule has 0 N–H and O–H groups in total. The van der Waals surface area contributed by atoms with E-state index in [1.165, 1.54) is 29.2 Å². The zero-order valence-electron chi connectivity index (χ0n) is 98.7. The molecule has 6 rings (SSSR count). The maximum atomic E-state index is 5.79. The van der Waals surface area contributed by atoms with E-state index in [-0.39, 0.29) is 72.6 Å². The van der Waals surface area contributed by atoms with Gasteiger partial charge in [-0.15, -0.1) is 0 Å². The molecule has 0 unspecified atom stereocenters. The van der Waals surface area contributed by atoms with Gasteiger partial charge in [-0.1, -0.05) is 56.3 Å². The van der Waals surface area contributed by atoms with Gasteiger partial charge in [0.2, 0.25) is 0 Å². The third-order valence-electron chi connectivity index (χ3n) is 19.3. The van der Waals surface area contributed by atoms with Gasteiger partial charge < -0.3 is 128 Å². The Morgan fingerprint density at radius 2 is 0.463 bits per heavy atom. The van der Waals surface area contributed by atoms with Gasteiger partial charge in [-0.3, -0.25) is 0 Å². The highest BCUT2D eigenvalue weighted by Gasteiger charge is 2.25. The van der Waals surface area contributed by atoms with Crippen LogP contribution in [0.4, 0.5) is 0 Å². The van der Waals surface area contributed by atoms with Crippen LogP contribution in [0.25, 0.3) is 0 Å². The van der Waals surface area contributed by atoms with Gasteiger partial charge in [0.15, 0.2) is 11.5 Å². The largest absolute Gasteiger partial charge is 0.491 e. The second-order valence-electron chi connectivity index (χ2n) is 40.1. The topological polar surface area (TPSA) is 272 Å². The minimum atomic E-state index is -0.0882. The first kappa shape index (κ1) is 143. The van der Waals surface area contributed by atoms with Crippen LogP contribution in [-0.2, 0) is 107 Å². The summed E-state index contributed by atoms with van der Waals surface area (Å²) in [5.41, 5.74) is 3.68. The third-order valence-corrected chi connectivity index (χ3v) is 19.3. The van der Waals surface area contributed by atoms with E-state index in [1.807, 2.05) is 235 Å². The quantitative estimate of drug-likeness (QED) is 0.0199. The van der Waals surface area contributed by atoms with Gasteiger partial charge in [-0.25, -0.2) is 9.78 Å². The summed E-state index contributed by atoms with van der Waals surface area (Å²) >= 11 is 0. The van der Waals surface area contributed by atoms with Gasteiger partial charge in [-0.05, 0) is 321 Å². The number of ether oxygens (including phenoxy) is 26. The van der Waals surface area contributed by atoms with Gasteiger partial charge in [-0.2, -0.15) is 0 Å². The van der Waals surface area contributed by atoms with Crippen LogP contribution in [0.3, 0.4) is 0 Å². The molecule has 5 aromatic rings. The van der Waals surface area contributed by atoms with E-state index < -0.39 is 0 Å². The summed E-state index contributed by atoms with van der Waals surface area (Å²) in [5, 5.41) is 0. The summed E-state index contributed by atoms with van der Waals surface area (Å²) in [4.78, 5) is 10.3. The number of hydrogen-bond donors (Lipinski definition) is 0. The van der Waals surface area contributed by atoms with Gasteiger partial charge in [0.1, 0.15) is 99.9 Å². The second-order valence-corrected chi connectivity index (χ2v) is 40.1. The van der Waals surface area contributed by atoms with Crippen molar-refractivity contribution in [2.24, 2.45) is 0 Å². The van der Waals surface area contributed by atoms with Crippen molar-refractivity contribution in [3.63, 3.8) is 0 Å². The van der Waals surface area contributed by atoms with Gasteiger partial charge >= 0.3 is 0 Å². The van der Waals surface area contributed by atoms with E-state index in [4.69, 9.17) is 137 Å². The summed E-state index contributed by atoms with van der Waals surface area (Å²) in [5.74, 6) is 5.70. The molecule has 0 spiro atoms. The fourth-order valence-corrected chi connectivity index (χ4v) is 12.5. The minimum absolute atomic E-state index is 0.0864. The van der Waals surface area contributed by atoms with Crippen molar-refractivity contribution < 1.29 is 137 Å². The molecule has 29 nitrogen and oxygen atoms in total. The van der Waals surface area contributed by atoms with Crippen molar-refractivity contribution >= 4 is 0 Å². The summed E-state index contributed by atoms with van der Waals surface area (Å²) < 4.78 is 148. The highest BCUT2D eigenvalue weighted by atomic mass is 17.2. The lowest BCUT2D eigenvalue weighted by Crippen LogP contribution is -2.29. The maximum Gasteiger partial charge on any atom is 0.199 e. The molecule has 1 aliphatic carbocycles. The van der Waals surface area contributed by atoms with Crippen molar-refractivity contribution in [3.05, 3.63) is 120 Å². The first-order valence-corrected chi connectivity index (χ1v) is 54.7. The van der Waals surface area contributed by atoms with Gasteiger partial charge in [0, 0.05) is 42.9 Å². The van der Waals surface area contributed by atoms with Crippen LogP contribution in [-0.4, -0.2) is 294 Å². The molecule has 0 bridgehead atoms. The van der Waals surface area contributed by atoms with E-state index in [1.54, 1.807) is 0 Å². The molecule has 29 heteroatoms. The summed E-state index contributed by atoms with van der Waals surface area (Å²) in [7, 11) is 0. The van der Waals surface area contributed by atoms with Crippen molar-refractivity contribution in [1.29, 1.82) is 0 Å². The van der Waals surface area contributed by atoms with Crippen LogP contribution >= 0.6 is 0 Å². The Labute approximate surface area is 892 Å². The molecule has 1 aliphatic rings. The Kier molecular flexibility index (Phi) is 90.7. The van der Waals surface area contributed by atoms with Crippen molar-refractivity contribution in [1.82, 2.24) is 0 Å². The molecule has 1 aromatic heterocycles. The van der Waals surface area contributed by atoms with Crippen LogP contribution in [0, 0.1) is 0 Å². The molecule has 0 atom stereocenters. The molecule has 1 saturated carbocycles. The molecular formula is C118H212O29. The van der Waals surface area contributed by atoms with Crippen LogP contribution in [0.15, 0.2) is 108 Å². The number of rotatable bonds is 74. The molecule has 1 heterocycles. The standard InChI is InChI=1S/C25H36O4.C21H36O6.C16H26O4.C14H24O5.C12H26O4.C12H24O2.C10H22O2.C8H18O2/c1-19(2)26-17-18-27-24-13-11-23(12-14-24)25(5,6)22-9-7-21(8-10-22)15-16-28-29-20(3)4;1-16(2)22-7-10-25-19-13-20(26-11-8-23-17(3)4)15-21(14-19)27-12-9-24-18(5)6;1-13(2)17-8-10-19-15-6-5-7-16(12-15)20-11-9-18-14(3)4;1-11(2)16-5-7-18-13-9-15-10-14(13)19-8-6-17-12(3)4;1-11(2)15-9-7-13-5-6-14-8-10-16-12(3)4;1-9(2)13-11-5-7-12(8-6-11)14-10(3)4;1-9(2)11-7-5-6-8-12-10(3)4;1-7(2)9-5-6-10-8(3)4/h7-14,19-20H,15-18H2,1-6H3;13-18H,7-12H2,1-6H3;5-7,12-14H,8-11H2,1-4H3;9-12H,5-8H2,1-4H3;11-12H,5-10H2,1-4H3;9-12H,5-8H2,1-4H3;9-10H,5-8H2,1-4H3;7-8H,5-6H2,1-4H3. The van der Waals surface area contributed by atoms with Crippen LogP contribution in [0.2, 0.25) is 0 Å². The first-order chi connectivity index (χ1) is 69.8. The Morgan fingerprint density at radius 1 is 0.231 bits per heavy atom. The molecule has 0 amide bonds. The predicted molar refractivity (Wildman–Crippen MR) is 591 cm³/mol. The van der Waals surface area contributed by atoms with E-state index >= 15 is 0 Å². The number of unbranched alkanes of at least 4 members (excludes halogenated alkanes) is 1. The molecule has 0 aliphatic heterocycles. The van der Waals surface area contributed by atoms with E-state index in [0.717, 1.165) is 75.4 Å². The molecular weight excluding hydrogens is 1880 g/mol. The van der Waals surface area contributed by atoms with Crippen molar-refractivity contribution in [3.8, 4) is 46.0 Å². The Balaban J connectivity index is 0. The molecule has 858 valence electrons. The SMILES string of the molecule is CC(C)OC1CCC(OC(C)C)CC1.CC(C)OCCCCOC(C)C.CC(C)OCCOC(C)C.CC(C)OCCOCCOCCOC(C)C.CC(C)OCCOc1cc(OCCOC(C)C)cc(OCCOC(C)C)c1.CC(C)OCCOc1ccc(C(C)(C)c2ccc(CCOOC(C)C)cc2)cc1.CC(C)OCCOc1cccc(OCCOC(C)C)c1.CC(C)OCCOc1cocc1OCCOC(C)C. The average molecular weight is 2090 g/mol. The molecule has 4 aromatic carbocycles. The number of benzene rings is 4. The molecule has 1 fully saturated rings. The lowest BCUT2D eigenvalue weighted by Gasteiger charge is -2.30. The predicted octanol–water partition coefficient (Wildman–Crippen LogP) is 25.5. The molecule has 0 radical (unpaired) electrons. The lowest BCUT2D eigenvalue weighted by atomic mass is 9.78. The fourth-order valence-electron chi connectivity index (χ4n) is 12.5. The number of furan rings is 1. The van der Waals surface area contributed by atoms with E-state index in [2.05, 4.69) is 106 Å². The summed E-state index contributed by atoms with van der Waals surface area (Å²) in [6, 6.07) is 30.3. The zero-order chi connectivity index (χ0) is 110. The molecule has 147 heavy (non-hydrogen) atoms. The average Bonchev–Trinajstić information content (AvgIpc) is 1.50. The van der Waals surface area contributed by atoms with Gasteiger partial charge in [0.05, 0.1) is 228 Å². The van der Waals surface area contributed by atoms with Gasteiger partial charge in [0.25, 0.3) is 0 Å². The van der Waals surface area contributed by atoms with Crippen molar-refractivity contribution in [2.75, 3.05) is 178 Å². The number of hydrogen-bond acceptors (Lipinski definition) is 29. The Hall–Kier alpha value is -6.24. The Bertz CT molecular complexity index is 3370. The highest BCUT2D eigenvalue weighted by Crippen LogP contribution is 2.34. The minimum Gasteiger partial charge on any atom is -0.491 e. The Morgan fingerprint density at radius 3 is 0.735 bits per heavy atom. The van der Waals surface area contributed by atoms with Crippen LogP contribution < -0.4 is 37.9 Å². The normalized spacial score (nSPS) is 13.1. The van der Waals surface area contributed by atoms with Crippen molar-refractivity contribution in [2.45, 2.75) is 416 Å². The second kappa shape index (κ2) is 93.4. The van der Waals surface area contributed by atoms with E-state index in [9.17, 15) is 0 Å². The smallest absolute Gasteiger partial charge is 0.199 e. The fraction of sp³-hybridized carbons (Fsp3) is 0.763.